The average molecular weight is 423 g/mol. The van der Waals surface area contributed by atoms with Crippen LogP contribution in [0.25, 0.3) is 5.00 Å². The minimum atomic E-state index is -0.881. The van der Waals surface area contributed by atoms with Crippen LogP contribution in [0.5, 0.6) is 0 Å². The molecule has 2 rings (SSSR count). The maximum Gasteiger partial charge on any atom is 0.341 e. The monoisotopic (exact) mass is 423 g/mol. The molecule has 0 saturated heterocycles. The second-order valence-corrected chi connectivity index (χ2v) is 8.13. The predicted molar refractivity (Wildman–Crippen MR) is 107 cm³/mol. The Morgan fingerprint density at radius 3 is 2.41 bits per heavy atom. The van der Waals surface area contributed by atoms with Crippen LogP contribution >= 0.6 is 11.3 Å². The molecule has 0 aliphatic carbocycles. The number of aromatic nitrogens is 3. The number of anilines is 1. The predicted octanol–water partition coefficient (Wildman–Crippen LogP) is 2.67. The van der Waals surface area contributed by atoms with Crippen molar-refractivity contribution in [3.05, 3.63) is 23.5 Å². The van der Waals surface area contributed by atoms with Crippen LogP contribution in [0.3, 0.4) is 0 Å². The second kappa shape index (κ2) is 9.03. The number of hydrogen-bond acceptors (Lipinski definition) is 8. The second-order valence-electron chi connectivity index (χ2n) is 7.13. The molecule has 2 aromatic heterocycles. The lowest BCUT2D eigenvalue weighted by Gasteiger charge is -2.22. The number of hydrogen-bond donors (Lipinski definition) is 2. The Balaban J connectivity index is 2.22. The third-order valence-corrected chi connectivity index (χ3v) is 4.71. The van der Waals surface area contributed by atoms with Gasteiger partial charge < -0.3 is 14.8 Å². The highest BCUT2D eigenvalue weighted by molar-refractivity contribution is 7.19. The van der Waals surface area contributed by atoms with Crippen molar-refractivity contribution in [2.24, 2.45) is 0 Å². The summed E-state index contributed by atoms with van der Waals surface area (Å²) in [4.78, 5) is 38.3. The standard InChI is InChI=1S/C18H25N5O5S/c1-7-27-16(25)12-10(2)14(23-19-8-9-20-23)29-13(12)22-17(26)21-11(3)15(24)28-18(4,5)6/h8-9,11H,7H2,1-6H3,(H2,21,22,26)/t11-/m0/s1. The quantitative estimate of drug-likeness (QED) is 0.684. The zero-order valence-corrected chi connectivity index (χ0v) is 18.0. The van der Waals surface area contributed by atoms with Gasteiger partial charge in [-0.3, -0.25) is 5.32 Å². The van der Waals surface area contributed by atoms with Gasteiger partial charge >= 0.3 is 18.0 Å². The molecular formula is C18H25N5O5S. The van der Waals surface area contributed by atoms with Crippen LogP contribution in [-0.4, -0.2) is 51.2 Å². The molecule has 2 aromatic rings. The van der Waals surface area contributed by atoms with Crippen LogP contribution in [0, 0.1) is 6.92 Å². The maximum absolute atomic E-state index is 12.4. The van der Waals surface area contributed by atoms with E-state index in [4.69, 9.17) is 9.47 Å². The van der Waals surface area contributed by atoms with Crippen LogP contribution in [0.1, 0.15) is 50.5 Å². The molecule has 0 aromatic carbocycles. The first-order valence-electron chi connectivity index (χ1n) is 9.01. The Bertz CT molecular complexity index is 885. The third kappa shape index (κ3) is 5.76. The van der Waals surface area contributed by atoms with Crippen molar-refractivity contribution in [2.75, 3.05) is 11.9 Å². The van der Waals surface area contributed by atoms with Crippen molar-refractivity contribution < 1.29 is 23.9 Å². The summed E-state index contributed by atoms with van der Waals surface area (Å²) in [5.41, 5.74) is 0.112. The fraction of sp³-hybridized carbons (Fsp3) is 0.500. The zero-order chi connectivity index (χ0) is 21.8. The van der Waals surface area contributed by atoms with Crippen LogP contribution < -0.4 is 10.6 Å². The summed E-state index contributed by atoms with van der Waals surface area (Å²) >= 11 is 1.12. The molecule has 0 bridgehead atoms. The molecule has 1 atom stereocenters. The molecule has 29 heavy (non-hydrogen) atoms. The smallest absolute Gasteiger partial charge is 0.341 e. The van der Waals surface area contributed by atoms with Crippen molar-refractivity contribution in [3.63, 3.8) is 0 Å². The molecule has 11 heteroatoms. The fourth-order valence-electron chi connectivity index (χ4n) is 2.33. The number of amides is 2. The van der Waals surface area contributed by atoms with E-state index in [-0.39, 0.29) is 17.2 Å². The Hall–Kier alpha value is -2.95. The molecule has 158 valence electrons. The van der Waals surface area contributed by atoms with E-state index in [0.717, 1.165) is 11.3 Å². The van der Waals surface area contributed by atoms with Crippen LogP contribution in [-0.2, 0) is 14.3 Å². The topological polar surface area (TPSA) is 124 Å². The molecule has 0 aliphatic heterocycles. The SMILES string of the molecule is CCOC(=O)c1c(NC(=O)N[C@@H](C)C(=O)OC(C)(C)C)sc(-n2nccn2)c1C. The highest BCUT2D eigenvalue weighted by Gasteiger charge is 2.27. The van der Waals surface area contributed by atoms with Crippen molar-refractivity contribution in [3.8, 4) is 5.00 Å². The van der Waals surface area contributed by atoms with E-state index in [1.807, 2.05) is 0 Å². The van der Waals surface area contributed by atoms with Gasteiger partial charge in [0, 0.05) is 5.56 Å². The molecule has 0 unspecified atom stereocenters. The van der Waals surface area contributed by atoms with E-state index in [1.54, 1.807) is 34.6 Å². The van der Waals surface area contributed by atoms with E-state index < -0.39 is 29.6 Å². The lowest BCUT2D eigenvalue weighted by Crippen LogP contribution is -2.44. The third-order valence-electron chi connectivity index (χ3n) is 3.54. The fourth-order valence-corrected chi connectivity index (χ4v) is 3.44. The maximum atomic E-state index is 12.4. The van der Waals surface area contributed by atoms with Crippen LogP contribution in [0.2, 0.25) is 0 Å². The molecule has 2 amide bonds. The normalized spacial score (nSPS) is 12.2. The Morgan fingerprint density at radius 2 is 1.86 bits per heavy atom. The van der Waals surface area contributed by atoms with E-state index in [0.29, 0.717) is 10.6 Å². The molecule has 0 spiro atoms. The number of rotatable bonds is 6. The number of nitrogens with one attached hydrogen (secondary N) is 2. The summed E-state index contributed by atoms with van der Waals surface area (Å²) in [6.07, 6.45) is 3.01. The highest BCUT2D eigenvalue weighted by atomic mass is 32.1. The van der Waals surface area contributed by atoms with E-state index in [2.05, 4.69) is 20.8 Å². The number of urea groups is 1. The van der Waals surface area contributed by atoms with Gasteiger partial charge in [0.15, 0.2) is 0 Å². The Kier molecular flexibility index (Phi) is 6.96. The molecule has 0 aliphatic rings. The van der Waals surface area contributed by atoms with Crippen molar-refractivity contribution in [1.29, 1.82) is 0 Å². The van der Waals surface area contributed by atoms with Gasteiger partial charge in [-0.25, -0.2) is 14.4 Å². The van der Waals surface area contributed by atoms with Gasteiger partial charge in [-0.05, 0) is 41.5 Å². The molecule has 0 fully saturated rings. The van der Waals surface area contributed by atoms with Crippen LogP contribution in [0.15, 0.2) is 12.4 Å². The summed E-state index contributed by atoms with van der Waals surface area (Å²) < 4.78 is 10.4. The molecular weight excluding hydrogens is 398 g/mol. The Morgan fingerprint density at radius 1 is 1.24 bits per heavy atom. The summed E-state index contributed by atoms with van der Waals surface area (Å²) in [6, 6.07) is -1.54. The van der Waals surface area contributed by atoms with E-state index in [9.17, 15) is 14.4 Å². The van der Waals surface area contributed by atoms with E-state index in [1.165, 1.54) is 24.1 Å². The summed E-state index contributed by atoms with van der Waals surface area (Å²) in [6.45, 7) is 10.3. The van der Waals surface area contributed by atoms with Gasteiger partial charge in [0.05, 0.1) is 24.6 Å². The molecule has 0 radical (unpaired) electrons. The van der Waals surface area contributed by atoms with Gasteiger partial charge in [-0.2, -0.15) is 10.2 Å². The largest absolute Gasteiger partial charge is 0.462 e. The Labute approximate surface area is 172 Å². The van der Waals surface area contributed by atoms with Crippen molar-refractivity contribution >= 4 is 34.3 Å². The molecule has 2 heterocycles. The summed E-state index contributed by atoms with van der Waals surface area (Å²) in [7, 11) is 0. The minimum absolute atomic E-state index is 0.185. The van der Waals surface area contributed by atoms with Gasteiger partial charge in [0.1, 0.15) is 21.6 Å². The number of thiophene rings is 1. The number of carbonyl (C=O) groups excluding carboxylic acids is 3. The first kappa shape index (κ1) is 22.3. The summed E-state index contributed by atoms with van der Waals surface area (Å²) in [5, 5.41) is 14.1. The number of ether oxygens (including phenoxy) is 2. The molecule has 0 saturated carbocycles. The number of esters is 2. The number of nitrogens with zero attached hydrogens (tertiary/aromatic N) is 3. The van der Waals surface area contributed by atoms with Gasteiger partial charge in [-0.15, -0.1) is 4.80 Å². The number of carbonyl (C=O) groups is 3. The van der Waals surface area contributed by atoms with Crippen molar-refractivity contribution in [2.45, 2.75) is 53.2 Å². The lowest BCUT2D eigenvalue weighted by molar-refractivity contribution is -0.156. The average Bonchev–Trinajstić information content (AvgIpc) is 3.21. The van der Waals surface area contributed by atoms with Crippen LogP contribution in [0.4, 0.5) is 9.80 Å². The molecule has 10 nitrogen and oxygen atoms in total. The first-order valence-corrected chi connectivity index (χ1v) is 9.82. The van der Waals surface area contributed by atoms with Gasteiger partial charge in [0.2, 0.25) is 0 Å². The summed E-state index contributed by atoms with van der Waals surface area (Å²) in [5.74, 6) is -1.14. The van der Waals surface area contributed by atoms with Gasteiger partial charge in [0.25, 0.3) is 0 Å². The van der Waals surface area contributed by atoms with Gasteiger partial charge in [-0.1, -0.05) is 11.3 Å². The zero-order valence-electron chi connectivity index (χ0n) is 17.2. The molecule has 2 N–H and O–H groups in total. The highest BCUT2D eigenvalue weighted by Crippen LogP contribution is 2.35. The lowest BCUT2D eigenvalue weighted by atomic mass is 10.2. The minimum Gasteiger partial charge on any atom is -0.462 e. The van der Waals surface area contributed by atoms with Crippen molar-refractivity contribution in [1.82, 2.24) is 20.3 Å². The first-order chi connectivity index (χ1) is 13.5. The van der Waals surface area contributed by atoms with E-state index >= 15 is 0 Å².